The van der Waals surface area contributed by atoms with Crippen LogP contribution < -0.4 is 0 Å². The van der Waals surface area contributed by atoms with E-state index in [0.29, 0.717) is 6.42 Å². The Kier molecular flexibility index (Phi) is 3.18. The Morgan fingerprint density at radius 3 is 2.62 bits per heavy atom. The molecule has 0 atom stereocenters. The second-order valence-electron chi connectivity index (χ2n) is 2.94. The lowest BCUT2D eigenvalue weighted by molar-refractivity contribution is 0.0984. The standard InChI is InChI=1S/C11H13FO/c1-3-8-5-6-10(12)9(7-8)11(13)4-2/h5-7H,3-4H2,1-2H3. The highest BCUT2D eigenvalue weighted by Gasteiger charge is 2.09. The Hall–Kier alpha value is -1.18. The van der Waals surface area contributed by atoms with Crippen molar-refractivity contribution in [3.8, 4) is 0 Å². The fourth-order valence-electron chi connectivity index (χ4n) is 1.20. The van der Waals surface area contributed by atoms with Crippen LogP contribution >= 0.6 is 0 Å². The van der Waals surface area contributed by atoms with Crippen LogP contribution in [0.3, 0.4) is 0 Å². The van der Waals surface area contributed by atoms with E-state index in [4.69, 9.17) is 0 Å². The van der Waals surface area contributed by atoms with E-state index >= 15 is 0 Å². The molecule has 0 aliphatic rings. The van der Waals surface area contributed by atoms with Crippen LogP contribution in [0, 0.1) is 5.82 Å². The van der Waals surface area contributed by atoms with Crippen LogP contribution in [0.5, 0.6) is 0 Å². The summed E-state index contributed by atoms with van der Waals surface area (Å²) in [6, 6.07) is 4.71. The number of carbonyl (C=O) groups excluding carboxylic acids is 1. The van der Waals surface area contributed by atoms with Crippen LogP contribution in [0.4, 0.5) is 4.39 Å². The van der Waals surface area contributed by atoms with Gasteiger partial charge in [-0.2, -0.15) is 0 Å². The minimum absolute atomic E-state index is 0.132. The van der Waals surface area contributed by atoms with Gasteiger partial charge in [0.1, 0.15) is 5.82 Å². The predicted molar refractivity (Wildman–Crippen MR) is 50.4 cm³/mol. The zero-order valence-electron chi connectivity index (χ0n) is 7.93. The molecule has 70 valence electrons. The van der Waals surface area contributed by atoms with Crippen molar-refractivity contribution in [2.24, 2.45) is 0 Å². The molecular formula is C11H13FO. The molecule has 1 nitrogen and oxygen atoms in total. The largest absolute Gasteiger partial charge is 0.294 e. The van der Waals surface area contributed by atoms with Gasteiger partial charge in [-0.15, -0.1) is 0 Å². The maximum Gasteiger partial charge on any atom is 0.165 e. The highest BCUT2D eigenvalue weighted by Crippen LogP contribution is 2.13. The van der Waals surface area contributed by atoms with Gasteiger partial charge >= 0.3 is 0 Å². The summed E-state index contributed by atoms with van der Waals surface area (Å²) in [5.74, 6) is -0.545. The fourth-order valence-corrected chi connectivity index (χ4v) is 1.20. The lowest BCUT2D eigenvalue weighted by atomic mass is 10.0. The molecule has 0 saturated carbocycles. The molecule has 13 heavy (non-hydrogen) atoms. The number of rotatable bonds is 3. The lowest BCUT2D eigenvalue weighted by Crippen LogP contribution is -2.01. The molecule has 0 heterocycles. The molecule has 0 N–H and O–H groups in total. The Morgan fingerprint density at radius 2 is 2.08 bits per heavy atom. The first-order valence-corrected chi connectivity index (χ1v) is 4.50. The van der Waals surface area contributed by atoms with Gasteiger partial charge in [-0.25, -0.2) is 4.39 Å². The summed E-state index contributed by atoms with van der Waals surface area (Å²) in [6.07, 6.45) is 1.17. The molecule has 0 amide bonds. The van der Waals surface area contributed by atoms with E-state index in [1.54, 1.807) is 19.1 Å². The number of halogens is 1. The molecule has 0 fully saturated rings. The maximum atomic E-state index is 13.1. The highest BCUT2D eigenvalue weighted by molar-refractivity contribution is 5.96. The van der Waals surface area contributed by atoms with Crippen molar-refractivity contribution < 1.29 is 9.18 Å². The van der Waals surface area contributed by atoms with E-state index in [1.807, 2.05) is 6.92 Å². The predicted octanol–water partition coefficient (Wildman–Crippen LogP) is 2.98. The zero-order valence-corrected chi connectivity index (χ0v) is 7.93. The van der Waals surface area contributed by atoms with Gasteiger partial charge in [-0.1, -0.05) is 19.9 Å². The fraction of sp³-hybridized carbons (Fsp3) is 0.364. The summed E-state index contributed by atoms with van der Waals surface area (Å²) in [6.45, 7) is 3.72. The molecule has 0 unspecified atom stereocenters. The Morgan fingerprint density at radius 1 is 1.38 bits per heavy atom. The summed E-state index contributed by atoms with van der Waals surface area (Å²) in [4.78, 5) is 11.3. The van der Waals surface area contributed by atoms with Crippen LogP contribution in [0.1, 0.15) is 36.2 Å². The molecule has 0 aromatic heterocycles. The van der Waals surface area contributed by atoms with Crippen LogP contribution in [-0.2, 0) is 6.42 Å². The number of ketones is 1. The second-order valence-corrected chi connectivity index (χ2v) is 2.94. The van der Waals surface area contributed by atoms with E-state index in [9.17, 15) is 9.18 Å². The van der Waals surface area contributed by atoms with Crippen LogP contribution in [0.25, 0.3) is 0 Å². The lowest BCUT2D eigenvalue weighted by Gasteiger charge is -2.02. The van der Waals surface area contributed by atoms with Gasteiger partial charge in [0, 0.05) is 6.42 Å². The van der Waals surface area contributed by atoms with Crippen LogP contribution in [0.2, 0.25) is 0 Å². The zero-order chi connectivity index (χ0) is 9.84. The van der Waals surface area contributed by atoms with Crippen molar-refractivity contribution in [2.75, 3.05) is 0 Å². The maximum absolute atomic E-state index is 13.1. The summed E-state index contributed by atoms with van der Waals surface area (Å²) >= 11 is 0. The van der Waals surface area contributed by atoms with Crippen molar-refractivity contribution >= 4 is 5.78 Å². The third-order valence-corrected chi connectivity index (χ3v) is 2.06. The molecular weight excluding hydrogens is 167 g/mol. The second kappa shape index (κ2) is 4.17. The van der Waals surface area contributed by atoms with E-state index in [-0.39, 0.29) is 11.3 Å². The summed E-state index contributed by atoms with van der Waals surface area (Å²) < 4.78 is 13.1. The summed E-state index contributed by atoms with van der Waals surface area (Å²) in [7, 11) is 0. The van der Waals surface area contributed by atoms with E-state index in [1.165, 1.54) is 6.07 Å². The molecule has 2 heteroatoms. The number of hydrogen-bond donors (Lipinski definition) is 0. The first-order valence-electron chi connectivity index (χ1n) is 4.50. The SMILES string of the molecule is CCC(=O)c1cc(CC)ccc1F. The molecule has 0 spiro atoms. The molecule has 1 rings (SSSR count). The molecule has 0 radical (unpaired) electrons. The van der Waals surface area contributed by atoms with Gasteiger partial charge in [0.05, 0.1) is 5.56 Å². The van der Waals surface area contributed by atoms with E-state index < -0.39 is 5.82 Å². The molecule has 0 aliphatic heterocycles. The Labute approximate surface area is 77.6 Å². The number of benzene rings is 1. The van der Waals surface area contributed by atoms with E-state index in [2.05, 4.69) is 0 Å². The van der Waals surface area contributed by atoms with Crippen molar-refractivity contribution in [1.82, 2.24) is 0 Å². The Bertz CT molecular complexity index is 318. The number of hydrogen-bond acceptors (Lipinski definition) is 1. The minimum atomic E-state index is -0.413. The van der Waals surface area contributed by atoms with Gasteiger partial charge in [0.2, 0.25) is 0 Å². The highest BCUT2D eigenvalue weighted by atomic mass is 19.1. The minimum Gasteiger partial charge on any atom is -0.294 e. The molecule has 0 aliphatic carbocycles. The van der Waals surface area contributed by atoms with Crippen molar-refractivity contribution in [1.29, 1.82) is 0 Å². The first kappa shape index (κ1) is 9.90. The molecule has 1 aromatic carbocycles. The summed E-state index contributed by atoms with van der Waals surface area (Å²) in [5, 5.41) is 0. The first-order chi connectivity index (χ1) is 6.19. The third kappa shape index (κ3) is 2.14. The smallest absolute Gasteiger partial charge is 0.165 e. The molecule has 0 bridgehead atoms. The third-order valence-electron chi connectivity index (χ3n) is 2.06. The van der Waals surface area contributed by atoms with Crippen LogP contribution in [0.15, 0.2) is 18.2 Å². The van der Waals surface area contributed by atoms with Gasteiger partial charge in [0.15, 0.2) is 5.78 Å². The average Bonchev–Trinajstić information content (AvgIpc) is 2.17. The van der Waals surface area contributed by atoms with Crippen LogP contribution in [-0.4, -0.2) is 5.78 Å². The van der Waals surface area contributed by atoms with Crippen molar-refractivity contribution in [3.63, 3.8) is 0 Å². The van der Waals surface area contributed by atoms with Gasteiger partial charge < -0.3 is 0 Å². The number of Topliss-reactive ketones (excluding diaryl/α,β-unsaturated/α-hetero) is 1. The van der Waals surface area contributed by atoms with Gasteiger partial charge in [-0.05, 0) is 24.1 Å². The van der Waals surface area contributed by atoms with Crippen molar-refractivity contribution in [3.05, 3.63) is 35.1 Å². The summed E-state index contributed by atoms with van der Waals surface area (Å²) in [5.41, 5.74) is 1.22. The Balaban J connectivity index is 3.11. The van der Waals surface area contributed by atoms with Gasteiger partial charge in [0.25, 0.3) is 0 Å². The normalized spacial score (nSPS) is 10.1. The topological polar surface area (TPSA) is 17.1 Å². The van der Waals surface area contributed by atoms with E-state index in [0.717, 1.165) is 12.0 Å². The van der Waals surface area contributed by atoms with Gasteiger partial charge in [-0.3, -0.25) is 4.79 Å². The average molecular weight is 180 g/mol. The molecule has 0 saturated heterocycles. The van der Waals surface area contributed by atoms with Crippen molar-refractivity contribution in [2.45, 2.75) is 26.7 Å². The molecule has 1 aromatic rings. The monoisotopic (exact) mass is 180 g/mol. The number of carbonyl (C=O) groups is 1. The number of aryl methyl sites for hydroxylation is 1. The quantitative estimate of drug-likeness (QED) is 0.653.